The van der Waals surface area contributed by atoms with Crippen molar-refractivity contribution in [2.75, 3.05) is 18.0 Å². The van der Waals surface area contributed by atoms with Gasteiger partial charge < -0.3 is 4.90 Å². The monoisotopic (exact) mass is 272 g/mol. The van der Waals surface area contributed by atoms with E-state index in [4.69, 9.17) is 11.6 Å². The molecule has 0 radical (unpaired) electrons. The lowest BCUT2D eigenvalue weighted by Gasteiger charge is -2.33. The quantitative estimate of drug-likeness (QED) is 0.800. The molecule has 0 atom stereocenters. The Bertz CT molecular complexity index is 573. The van der Waals surface area contributed by atoms with Gasteiger partial charge in [0.25, 0.3) is 5.92 Å². The van der Waals surface area contributed by atoms with Crippen molar-refractivity contribution in [3.05, 3.63) is 23.6 Å². The molecule has 0 aliphatic carbocycles. The smallest absolute Gasteiger partial charge is 0.251 e. The fourth-order valence-corrected chi connectivity index (χ4v) is 2.29. The predicted octanol–water partition coefficient (Wildman–Crippen LogP) is 2.62. The first kappa shape index (κ1) is 11.6. The van der Waals surface area contributed by atoms with Crippen molar-refractivity contribution in [1.82, 2.24) is 14.6 Å². The summed E-state index contributed by atoms with van der Waals surface area (Å²) in [6.45, 7) is 0.696. The van der Waals surface area contributed by atoms with Gasteiger partial charge in [0.2, 0.25) is 5.28 Å². The summed E-state index contributed by atoms with van der Waals surface area (Å²) in [5.74, 6) is -2.53. The second kappa shape index (κ2) is 4.05. The summed E-state index contributed by atoms with van der Waals surface area (Å²) in [6.07, 6.45) is 1.55. The lowest BCUT2D eigenvalue weighted by molar-refractivity contribution is -0.0220. The Morgan fingerprint density at radius 1 is 1.22 bits per heavy atom. The number of halogens is 3. The Kier molecular flexibility index (Phi) is 2.62. The van der Waals surface area contributed by atoms with Crippen LogP contribution in [-0.2, 0) is 0 Å². The number of pyridine rings is 1. The van der Waals surface area contributed by atoms with Gasteiger partial charge in [-0.1, -0.05) is 0 Å². The first-order chi connectivity index (χ1) is 8.53. The Labute approximate surface area is 107 Å². The molecule has 3 rings (SSSR count). The van der Waals surface area contributed by atoms with Crippen molar-refractivity contribution in [2.45, 2.75) is 18.8 Å². The van der Waals surface area contributed by atoms with E-state index in [2.05, 4.69) is 10.1 Å². The van der Waals surface area contributed by atoms with Crippen molar-refractivity contribution < 1.29 is 8.78 Å². The standard InChI is InChI=1S/C11H11ClF2N4/c12-10-15-9-2-1-8(7-18(9)16-10)17-5-3-11(13,14)4-6-17/h1-2,7H,3-6H2. The van der Waals surface area contributed by atoms with Crippen molar-refractivity contribution >= 4 is 22.9 Å². The summed E-state index contributed by atoms with van der Waals surface area (Å²) in [5.41, 5.74) is 1.51. The average Bonchev–Trinajstić information content (AvgIpc) is 2.68. The lowest BCUT2D eigenvalue weighted by Crippen LogP contribution is -2.39. The van der Waals surface area contributed by atoms with Crippen LogP contribution in [0.1, 0.15) is 12.8 Å². The molecule has 18 heavy (non-hydrogen) atoms. The molecule has 4 nitrogen and oxygen atoms in total. The van der Waals surface area contributed by atoms with Crippen LogP contribution in [0.5, 0.6) is 0 Å². The minimum absolute atomic E-state index is 0.108. The van der Waals surface area contributed by atoms with Crippen LogP contribution in [0.15, 0.2) is 18.3 Å². The van der Waals surface area contributed by atoms with E-state index in [0.29, 0.717) is 18.7 Å². The van der Waals surface area contributed by atoms with Gasteiger partial charge in [0.05, 0.1) is 11.9 Å². The number of piperidine rings is 1. The fourth-order valence-electron chi connectivity index (χ4n) is 2.12. The van der Waals surface area contributed by atoms with Crippen molar-refractivity contribution in [3.8, 4) is 0 Å². The topological polar surface area (TPSA) is 33.4 Å². The van der Waals surface area contributed by atoms with Gasteiger partial charge in [0.1, 0.15) is 0 Å². The molecule has 0 amide bonds. The molecule has 0 spiro atoms. The highest BCUT2D eigenvalue weighted by molar-refractivity contribution is 6.28. The Hall–Kier alpha value is -1.43. The second-order valence-electron chi connectivity index (χ2n) is 4.41. The largest absolute Gasteiger partial charge is 0.370 e. The van der Waals surface area contributed by atoms with Crippen LogP contribution in [-0.4, -0.2) is 33.6 Å². The van der Waals surface area contributed by atoms with Crippen LogP contribution in [0.25, 0.3) is 5.65 Å². The zero-order chi connectivity index (χ0) is 12.8. The van der Waals surface area contributed by atoms with E-state index in [1.165, 1.54) is 0 Å². The van der Waals surface area contributed by atoms with Gasteiger partial charge in [-0.15, -0.1) is 5.10 Å². The number of nitrogens with zero attached hydrogens (tertiary/aromatic N) is 4. The van der Waals surface area contributed by atoms with E-state index < -0.39 is 5.92 Å². The molecule has 2 aromatic heterocycles. The van der Waals surface area contributed by atoms with Crippen LogP contribution in [0.4, 0.5) is 14.5 Å². The molecule has 0 N–H and O–H groups in total. The molecular weight excluding hydrogens is 262 g/mol. The highest BCUT2D eigenvalue weighted by atomic mass is 35.5. The number of anilines is 1. The highest BCUT2D eigenvalue weighted by Gasteiger charge is 2.34. The fraction of sp³-hybridized carbons (Fsp3) is 0.455. The van der Waals surface area contributed by atoms with Crippen molar-refractivity contribution in [1.29, 1.82) is 0 Å². The summed E-state index contributed by atoms with van der Waals surface area (Å²) in [5, 5.41) is 4.17. The zero-order valence-electron chi connectivity index (χ0n) is 9.48. The van der Waals surface area contributed by atoms with Crippen LogP contribution in [0.2, 0.25) is 5.28 Å². The number of aromatic nitrogens is 3. The molecule has 2 aromatic rings. The molecular formula is C11H11ClF2N4. The number of fused-ring (bicyclic) bond motifs is 1. The highest BCUT2D eigenvalue weighted by Crippen LogP contribution is 2.30. The third-order valence-corrected chi connectivity index (χ3v) is 3.31. The third-order valence-electron chi connectivity index (χ3n) is 3.15. The first-order valence-electron chi connectivity index (χ1n) is 5.68. The molecule has 96 valence electrons. The summed E-state index contributed by atoms with van der Waals surface area (Å²) in [7, 11) is 0. The maximum Gasteiger partial charge on any atom is 0.251 e. The Morgan fingerprint density at radius 2 is 1.94 bits per heavy atom. The van der Waals surface area contributed by atoms with E-state index >= 15 is 0 Å². The summed E-state index contributed by atoms with van der Waals surface area (Å²) < 4.78 is 27.7. The summed E-state index contributed by atoms with van der Waals surface area (Å²) in [6, 6.07) is 3.63. The molecule has 1 aliphatic heterocycles. The number of hydrogen-bond acceptors (Lipinski definition) is 3. The van der Waals surface area contributed by atoms with E-state index in [1.807, 2.05) is 11.0 Å². The number of alkyl halides is 2. The predicted molar refractivity (Wildman–Crippen MR) is 64.4 cm³/mol. The average molecular weight is 273 g/mol. The molecule has 0 aromatic carbocycles. The summed E-state index contributed by atoms with van der Waals surface area (Å²) in [4.78, 5) is 5.92. The molecule has 0 bridgehead atoms. The lowest BCUT2D eigenvalue weighted by atomic mass is 10.1. The first-order valence-corrected chi connectivity index (χ1v) is 6.06. The number of hydrogen-bond donors (Lipinski definition) is 0. The van der Waals surface area contributed by atoms with Crippen LogP contribution < -0.4 is 4.90 Å². The van der Waals surface area contributed by atoms with Gasteiger partial charge in [-0.05, 0) is 23.7 Å². The van der Waals surface area contributed by atoms with Gasteiger partial charge in [0, 0.05) is 25.9 Å². The molecule has 1 fully saturated rings. The van der Waals surface area contributed by atoms with Gasteiger partial charge >= 0.3 is 0 Å². The molecule has 3 heterocycles. The van der Waals surface area contributed by atoms with Crippen molar-refractivity contribution in [2.24, 2.45) is 0 Å². The molecule has 0 unspecified atom stereocenters. The third kappa shape index (κ3) is 2.12. The van der Waals surface area contributed by atoms with Gasteiger partial charge in [-0.25, -0.2) is 13.3 Å². The van der Waals surface area contributed by atoms with E-state index in [-0.39, 0.29) is 18.1 Å². The van der Waals surface area contributed by atoms with E-state index in [9.17, 15) is 8.78 Å². The minimum Gasteiger partial charge on any atom is -0.370 e. The van der Waals surface area contributed by atoms with E-state index in [0.717, 1.165) is 5.69 Å². The molecule has 1 saturated heterocycles. The molecule has 7 heteroatoms. The van der Waals surface area contributed by atoms with Gasteiger partial charge in [-0.3, -0.25) is 0 Å². The van der Waals surface area contributed by atoms with Crippen LogP contribution >= 0.6 is 11.6 Å². The maximum atomic E-state index is 13.1. The van der Waals surface area contributed by atoms with Crippen molar-refractivity contribution in [3.63, 3.8) is 0 Å². The van der Waals surface area contributed by atoms with Gasteiger partial charge in [0.15, 0.2) is 5.65 Å². The molecule has 1 aliphatic rings. The molecule has 0 saturated carbocycles. The second-order valence-corrected chi connectivity index (χ2v) is 4.75. The summed E-state index contributed by atoms with van der Waals surface area (Å²) >= 11 is 5.70. The zero-order valence-corrected chi connectivity index (χ0v) is 10.2. The van der Waals surface area contributed by atoms with Crippen LogP contribution in [0.3, 0.4) is 0 Å². The Balaban J connectivity index is 1.86. The van der Waals surface area contributed by atoms with Gasteiger partial charge in [-0.2, -0.15) is 4.98 Å². The normalized spacial score (nSPS) is 19.4. The number of rotatable bonds is 1. The van der Waals surface area contributed by atoms with E-state index in [1.54, 1.807) is 16.8 Å². The van der Waals surface area contributed by atoms with Crippen LogP contribution in [0, 0.1) is 0 Å². The Morgan fingerprint density at radius 3 is 2.67 bits per heavy atom. The maximum absolute atomic E-state index is 13.1. The SMILES string of the molecule is FC1(F)CCN(c2ccc3nc(Cl)nn3c2)CC1. The minimum atomic E-state index is -2.53.